The van der Waals surface area contributed by atoms with Crippen LogP contribution in [0.25, 0.3) is 5.69 Å². The molecule has 0 saturated carbocycles. The van der Waals surface area contributed by atoms with Gasteiger partial charge in [0, 0.05) is 18.1 Å². The topological polar surface area (TPSA) is 46.9 Å². The molecule has 1 N–H and O–H groups in total. The van der Waals surface area contributed by atoms with E-state index in [0.29, 0.717) is 5.69 Å². The van der Waals surface area contributed by atoms with Crippen molar-refractivity contribution in [1.29, 1.82) is 0 Å². The molecular formula is C13H11ClF3N3O. The molecule has 0 saturated heterocycles. The van der Waals surface area contributed by atoms with Gasteiger partial charge in [0.15, 0.2) is 0 Å². The van der Waals surface area contributed by atoms with Gasteiger partial charge in [0.05, 0.1) is 29.0 Å². The van der Waals surface area contributed by atoms with Gasteiger partial charge in [-0.25, -0.2) is 4.98 Å². The number of aryl methyl sites for hydroxylation is 1. The summed E-state index contributed by atoms with van der Waals surface area (Å²) in [6.07, 6.45) is -1.75. The van der Waals surface area contributed by atoms with Gasteiger partial charge in [-0.15, -0.1) is 0 Å². The highest BCUT2D eigenvalue weighted by molar-refractivity contribution is 6.31. The molecule has 0 unspecified atom stereocenters. The van der Waals surface area contributed by atoms with Crippen molar-refractivity contribution in [3.63, 3.8) is 0 Å². The average molecular weight is 318 g/mol. The molecule has 1 heterocycles. The van der Waals surface area contributed by atoms with Crippen LogP contribution in [0.4, 0.5) is 18.9 Å². The minimum absolute atomic E-state index is 0.0854. The third-order valence-electron chi connectivity index (χ3n) is 2.68. The molecule has 21 heavy (non-hydrogen) atoms. The highest BCUT2D eigenvalue weighted by Crippen LogP contribution is 2.40. The number of carbonyl (C=O) groups excluding carboxylic acids is 1. The molecule has 4 nitrogen and oxygen atoms in total. The largest absolute Gasteiger partial charge is 0.418 e. The molecule has 0 aliphatic heterocycles. The van der Waals surface area contributed by atoms with Crippen LogP contribution in [0.5, 0.6) is 0 Å². The van der Waals surface area contributed by atoms with Crippen molar-refractivity contribution in [2.75, 3.05) is 5.32 Å². The predicted molar refractivity (Wildman–Crippen MR) is 72.6 cm³/mol. The summed E-state index contributed by atoms with van der Waals surface area (Å²) in [5.74, 6) is -0.610. The van der Waals surface area contributed by atoms with Gasteiger partial charge >= 0.3 is 6.18 Å². The van der Waals surface area contributed by atoms with E-state index in [0.717, 1.165) is 13.0 Å². The fourth-order valence-electron chi connectivity index (χ4n) is 1.88. The Bertz CT molecular complexity index is 694. The Balaban J connectivity index is 2.73. The van der Waals surface area contributed by atoms with Crippen molar-refractivity contribution in [2.24, 2.45) is 0 Å². The lowest BCUT2D eigenvalue weighted by Crippen LogP contribution is -2.16. The number of alkyl halides is 3. The fourth-order valence-corrected chi connectivity index (χ4v) is 2.09. The van der Waals surface area contributed by atoms with E-state index in [2.05, 4.69) is 10.3 Å². The molecule has 0 aliphatic carbocycles. The first-order valence-corrected chi connectivity index (χ1v) is 6.25. The minimum atomic E-state index is -4.65. The number of hydrogen-bond acceptors (Lipinski definition) is 2. The highest BCUT2D eigenvalue weighted by Gasteiger charge is 2.35. The van der Waals surface area contributed by atoms with Crippen LogP contribution in [0.3, 0.4) is 0 Å². The molecule has 0 spiro atoms. The predicted octanol–water partition coefficient (Wildman–Crippen LogP) is 3.81. The number of amides is 1. The number of hydrogen-bond donors (Lipinski definition) is 1. The Hall–Kier alpha value is -2.02. The number of nitrogens with zero attached hydrogens (tertiary/aromatic N) is 2. The summed E-state index contributed by atoms with van der Waals surface area (Å²) in [4.78, 5) is 15.2. The third-order valence-corrected chi connectivity index (χ3v) is 2.90. The second-order valence-electron chi connectivity index (χ2n) is 4.45. The SMILES string of the molecule is CC(=O)Nc1c(-n2cnc(C)c2)cc(Cl)cc1C(F)(F)F. The smallest absolute Gasteiger partial charge is 0.324 e. The normalized spacial score (nSPS) is 11.5. The van der Waals surface area contributed by atoms with Gasteiger partial charge in [0.2, 0.25) is 5.91 Å². The molecular weight excluding hydrogens is 307 g/mol. The van der Waals surface area contributed by atoms with Crippen LogP contribution in [0.2, 0.25) is 5.02 Å². The van der Waals surface area contributed by atoms with Crippen LogP contribution < -0.4 is 5.32 Å². The van der Waals surface area contributed by atoms with Crippen LogP contribution in [0.15, 0.2) is 24.7 Å². The second kappa shape index (κ2) is 5.40. The average Bonchev–Trinajstić information content (AvgIpc) is 2.75. The summed E-state index contributed by atoms with van der Waals surface area (Å²) in [6, 6.07) is 2.11. The first kappa shape index (κ1) is 15.4. The van der Waals surface area contributed by atoms with Crippen LogP contribution >= 0.6 is 11.6 Å². The Morgan fingerprint density at radius 3 is 2.52 bits per heavy atom. The number of carbonyl (C=O) groups is 1. The number of aromatic nitrogens is 2. The van der Waals surface area contributed by atoms with Crippen molar-refractivity contribution in [1.82, 2.24) is 9.55 Å². The molecule has 1 amide bonds. The summed E-state index contributed by atoms with van der Waals surface area (Å²) < 4.78 is 40.8. The number of anilines is 1. The molecule has 0 bridgehead atoms. The first-order valence-electron chi connectivity index (χ1n) is 5.88. The van der Waals surface area contributed by atoms with Gasteiger partial charge < -0.3 is 9.88 Å². The van der Waals surface area contributed by atoms with Gasteiger partial charge in [0.1, 0.15) is 0 Å². The maximum Gasteiger partial charge on any atom is 0.418 e. The van der Waals surface area contributed by atoms with Crippen molar-refractivity contribution in [3.05, 3.63) is 40.9 Å². The molecule has 8 heteroatoms. The van der Waals surface area contributed by atoms with Crippen molar-refractivity contribution in [2.45, 2.75) is 20.0 Å². The van der Waals surface area contributed by atoms with Crippen LogP contribution in [-0.4, -0.2) is 15.5 Å². The van der Waals surface area contributed by atoms with Crippen LogP contribution in [0, 0.1) is 6.92 Å². The van der Waals surface area contributed by atoms with E-state index in [-0.39, 0.29) is 16.4 Å². The number of halogens is 4. The van der Waals surface area contributed by atoms with Crippen molar-refractivity contribution < 1.29 is 18.0 Å². The third kappa shape index (κ3) is 3.36. The quantitative estimate of drug-likeness (QED) is 0.915. The minimum Gasteiger partial charge on any atom is -0.324 e. The van der Waals surface area contributed by atoms with Gasteiger partial charge in [-0.05, 0) is 19.1 Å². The number of imidazole rings is 1. The van der Waals surface area contributed by atoms with Crippen molar-refractivity contribution >= 4 is 23.2 Å². The Morgan fingerprint density at radius 2 is 2.05 bits per heavy atom. The number of rotatable bonds is 2. The zero-order chi connectivity index (χ0) is 15.8. The summed E-state index contributed by atoms with van der Waals surface area (Å²) in [7, 11) is 0. The Kier molecular flexibility index (Phi) is 3.95. The van der Waals surface area contributed by atoms with E-state index in [4.69, 9.17) is 11.6 Å². The van der Waals surface area contributed by atoms with E-state index in [1.165, 1.54) is 23.2 Å². The summed E-state index contributed by atoms with van der Waals surface area (Å²) in [6.45, 7) is 2.83. The molecule has 0 aliphatic rings. The van der Waals surface area contributed by atoms with E-state index in [1.54, 1.807) is 6.92 Å². The lowest BCUT2D eigenvalue weighted by Gasteiger charge is -2.18. The zero-order valence-corrected chi connectivity index (χ0v) is 11.9. The van der Waals surface area contributed by atoms with E-state index >= 15 is 0 Å². The van der Waals surface area contributed by atoms with Crippen LogP contribution in [-0.2, 0) is 11.0 Å². The standard InChI is InChI=1S/C13H11ClF3N3O/c1-7-5-20(6-18-7)11-4-9(14)3-10(13(15,16)17)12(11)19-8(2)21/h3-6H,1-2H3,(H,19,21). The molecule has 0 radical (unpaired) electrons. The molecule has 112 valence electrons. The molecule has 2 rings (SSSR count). The maximum atomic E-state index is 13.1. The number of benzene rings is 1. The molecule has 1 aromatic heterocycles. The van der Waals surface area contributed by atoms with Gasteiger partial charge in [-0.2, -0.15) is 13.2 Å². The molecule has 0 atom stereocenters. The monoisotopic (exact) mass is 317 g/mol. The van der Waals surface area contributed by atoms with Gasteiger partial charge in [-0.3, -0.25) is 4.79 Å². The Morgan fingerprint density at radius 1 is 1.38 bits per heavy atom. The molecule has 1 aromatic carbocycles. The van der Waals surface area contributed by atoms with E-state index in [1.807, 2.05) is 0 Å². The van der Waals surface area contributed by atoms with Crippen LogP contribution in [0.1, 0.15) is 18.2 Å². The lowest BCUT2D eigenvalue weighted by molar-refractivity contribution is -0.137. The summed E-state index contributed by atoms with van der Waals surface area (Å²) in [5, 5.41) is 2.13. The van der Waals surface area contributed by atoms with Gasteiger partial charge in [-0.1, -0.05) is 11.6 Å². The molecule has 0 fully saturated rings. The fraction of sp³-hybridized carbons (Fsp3) is 0.231. The van der Waals surface area contributed by atoms with E-state index in [9.17, 15) is 18.0 Å². The van der Waals surface area contributed by atoms with E-state index < -0.39 is 17.6 Å². The number of nitrogens with one attached hydrogen (secondary N) is 1. The maximum absolute atomic E-state index is 13.1. The zero-order valence-electron chi connectivity index (χ0n) is 11.1. The van der Waals surface area contributed by atoms with Gasteiger partial charge in [0.25, 0.3) is 0 Å². The lowest BCUT2D eigenvalue weighted by atomic mass is 10.1. The highest BCUT2D eigenvalue weighted by atomic mass is 35.5. The second-order valence-corrected chi connectivity index (χ2v) is 4.89. The van der Waals surface area contributed by atoms with Crippen molar-refractivity contribution in [3.8, 4) is 5.69 Å². The summed E-state index contributed by atoms with van der Waals surface area (Å²) in [5.41, 5.74) is -0.633. The summed E-state index contributed by atoms with van der Waals surface area (Å²) >= 11 is 5.77. The Labute approximate surface area is 123 Å². The molecule has 2 aromatic rings. The first-order chi connectivity index (χ1) is 9.68.